The van der Waals surface area contributed by atoms with Crippen LogP contribution in [-0.2, 0) is 10.0 Å². The average molecular weight is 554 g/mol. The predicted molar refractivity (Wildman–Crippen MR) is 132 cm³/mol. The van der Waals surface area contributed by atoms with E-state index in [-0.39, 0.29) is 4.90 Å². The van der Waals surface area contributed by atoms with E-state index in [4.69, 9.17) is 19.2 Å². The SMILES string of the molecule is COc1ccc(OC)c(-c2csc(N3CCN(S(=O)(=O)c4cc(Br)ccc4OC)CC3)n2)c1. The minimum atomic E-state index is -3.68. The number of piperazine rings is 1. The molecule has 2 aromatic carbocycles. The maximum absolute atomic E-state index is 13.3. The monoisotopic (exact) mass is 553 g/mol. The molecular formula is C22H24BrN3O5S2. The fourth-order valence-electron chi connectivity index (χ4n) is 3.66. The van der Waals surface area contributed by atoms with Crippen molar-refractivity contribution in [3.63, 3.8) is 0 Å². The highest BCUT2D eigenvalue weighted by Crippen LogP contribution is 2.36. The Morgan fingerprint density at radius 2 is 1.64 bits per heavy atom. The first-order chi connectivity index (χ1) is 15.9. The van der Waals surface area contributed by atoms with Crippen LogP contribution in [0.5, 0.6) is 17.2 Å². The van der Waals surface area contributed by atoms with E-state index < -0.39 is 10.0 Å². The van der Waals surface area contributed by atoms with Crippen molar-refractivity contribution in [2.24, 2.45) is 0 Å². The van der Waals surface area contributed by atoms with Gasteiger partial charge in [0.25, 0.3) is 0 Å². The molecule has 11 heteroatoms. The van der Waals surface area contributed by atoms with E-state index in [1.54, 1.807) is 32.4 Å². The summed E-state index contributed by atoms with van der Waals surface area (Å²) in [5.74, 6) is 1.77. The average Bonchev–Trinajstić information content (AvgIpc) is 3.34. The molecule has 0 atom stereocenters. The first-order valence-corrected chi connectivity index (χ1v) is 13.2. The van der Waals surface area contributed by atoms with E-state index in [9.17, 15) is 8.42 Å². The standard InChI is InChI=1S/C22H24BrN3O5S2/c1-29-16-5-7-19(30-2)17(13-16)18-14-32-22(24-18)25-8-10-26(11-9-25)33(27,28)21-12-15(23)4-6-20(21)31-3/h4-7,12-14H,8-11H2,1-3H3. The highest BCUT2D eigenvalue weighted by Gasteiger charge is 2.32. The zero-order valence-electron chi connectivity index (χ0n) is 18.4. The van der Waals surface area contributed by atoms with Crippen LogP contribution in [0.25, 0.3) is 11.3 Å². The van der Waals surface area contributed by atoms with Gasteiger partial charge in [-0.25, -0.2) is 13.4 Å². The molecule has 1 aliphatic heterocycles. The van der Waals surface area contributed by atoms with Gasteiger partial charge in [0.15, 0.2) is 5.13 Å². The van der Waals surface area contributed by atoms with Gasteiger partial charge in [-0.05, 0) is 36.4 Å². The smallest absolute Gasteiger partial charge is 0.246 e. The summed E-state index contributed by atoms with van der Waals surface area (Å²) in [6.07, 6.45) is 0. The number of sulfonamides is 1. The Morgan fingerprint density at radius 3 is 2.30 bits per heavy atom. The summed E-state index contributed by atoms with van der Waals surface area (Å²) in [6, 6.07) is 10.6. The quantitative estimate of drug-likeness (QED) is 0.435. The summed E-state index contributed by atoms with van der Waals surface area (Å²) in [6.45, 7) is 1.79. The van der Waals surface area contributed by atoms with E-state index in [1.807, 2.05) is 23.6 Å². The van der Waals surface area contributed by atoms with Crippen molar-refractivity contribution in [2.75, 3.05) is 52.4 Å². The van der Waals surface area contributed by atoms with Gasteiger partial charge in [0, 0.05) is 41.6 Å². The first kappa shape index (κ1) is 23.8. The number of methoxy groups -OCH3 is 3. The molecule has 1 aliphatic rings. The Morgan fingerprint density at radius 1 is 0.939 bits per heavy atom. The van der Waals surface area contributed by atoms with Crippen molar-refractivity contribution in [3.05, 3.63) is 46.3 Å². The third-order valence-corrected chi connectivity index (χ3v) is 8.74. The number of rotatable bonds is 7. The molecule has 0 aliphatic carbocycles. The number of ether oxygens (including phenoxy) is 3. The molecule has 0 radical (unpaired) electrons. The molecule has 0 bridgehead atoms. The van der Waals surface area contributed by atoms with Gasteiger partial charge >= 0.3 is 0 Å². The molecule has 8 nitrogen and oxygen atoms in total. The number of hydrogen-bond acceptors (Lipinski definition) is 8. The Labute approximate surface area is 205 Å². The van der Waals surface area contributed by atoms with Gasteiger partial charge in [-0.1, -0.05) is 15.9 Å². The van der Waals surface area contributed by atoms with Crippen LogP contribution in [-0.4, -0.2) is 65.2 Å². The molecule has 0 saturated carbocycles. The Balaban J connectivity index is 1.51. The van der Waals surface area contributed by atoms with Crippen molar-refractivity contribution in [2.45, 2.75) is 4.90 Å². The van der Waals surface area contributed by atoms with Crippen LogP contribution >= 0.6 is 27.3 Å². The van der Waals surface area contributed by atoms with Gasteiger partial charge in [-0.3, -0.25) is 0 Å². The van der Waals surface area contributed by atoms with E-state index in [0.29, 0.717) is 42.2 Å². The van der Waals surface area contributed by atoms with Gasteiger partial charge in [0.1, 0.15) is 22.1 Å². The first-order valence-electron chi connectivity index (χ1n) is 10.1. The van der Waals surface area contributed by atoms with Crippen LogP contribution in [0.3, 0.4) is 0 Å². The Bertz CT molecular complexity index is 1240. The second-order valence-corrected chi connectivity index (χ2v) is 10.9. The molecule has 0 amide bonds. The molecule has 2 heterocycles. The minimum absolute atomic E-state index is 0.162. The summed E-state index contributed by atoms with van der Waals surface area (Å²) in [7, 11) is 1.03. The van der Waals surface area contributed by atoms with Crippen molar-refractivity contribution >= 4 is 42.4 Å². The minimum Gasteiger partial charge on any atom is -0.497 e. The lowest BCUT2D eigenvalue weighted by Gasteiger charge is -2.34. The zero-order chi connectivity index (χ0) is 23.6. The molecule has 4 rings (SSSR count). The van der Waals surface area contributed by atoms with E-state index >= 15 is 0 Å². The summed E-state index contributed by atoms with van der Waals surface area (Å²) in [5.41, 5.74) is 1.64. The summed E-state index contributed by atoms with van der Waals surface area (Å²) < 4.78 is 44.8. The lowest BCUT2D eigenvalue weighted by Crippen LogP contribution is -2.48. The van der Waals surface area contributed by atoms with Crippen LogP contribution in [0.4, 0.5) is 5.13 Å². The Kier molecular flexibility index (Phi) is 7.13. The third kappa shape index (κ3) is 4.81. The maximum atomic E-state index is 13.3. The Hall–Kier alpha value is -2.34. The van der Waals surface area contributed by atoms with Crippen LogP contribution in [0.15, 0.2) is 51.1 Å². The molecule has 0 unspecified atom stereocenters. The number of nitrogens with zero attached hydrogens (tertiary/aromatic N) is 3. The summed E-state index contributed by atoms with van der Waals surface area (Å²) in [4.78, 5) is 7.05. The predicted octanol–water partition coefficient (Wildman–Crippen LogP) is 4.11. The van der Waals surface area contributed by atoms with Crippen LogP contribution in [0, 0.1) is 0 Å². The summed E-state index contributed by atoms with van der Waals surface area (Å²) in [5, 5.41) is 2.81. The fraction of sp³-hybridized carbons (Fsp3) is 0.318. The summed E-state index contributed by atoms with van der Waals surface area (Å²) >= 11 is 4.87. The molecule has 0 spiro atoms. The van der Waals surface area contributed by atoms with Crippen molar-refractivity contribution in [1.29, 1.82) is 0 Å². The highest BCUT2D eigenvalue weighted by molar-refractivity contribution is 9.10. The zero-order valence-corrected chi connectivity index (χ0v) is 21.7. The van der Waals surface area contributed by atoms with Gasteiger partial charge in [-0.15, -0.1) is 11.3 Å². The lowest BCUT2D eigenvalue weighted by atomic mass is 10.1. The van der Waals surface area contributed by atoms with Crippen molar-refractivity contribution < 1.29 is 22.6 Å². The number of thiazole rings is 1. The van der Waals surface area contributed by atoms with E-state index in [1.165, 1.54) is 22.8 Å². The maximum Gasteiger partial charge on any atom is 0.246 e. The normalized spacial score (nSPS) is 14.8. The molecule has 1 saturated heterocycles. The topological polar surface area (TPSA) is 81.2 Å². The van der Waals surface area contributed by atoms with E-state index in [2.05, 4.69) is 20.8 Å². The molecule has 3 aromatic rings. The third-order valence-electron chi connectivity index (χ3n) is 5.43. The second kappa shape index (κ2) is 9.88. The number of anilines is 1. The van der Waals surface area contributed by atoms with Crippen molar-refractivity contribution in [1.82, 2.24) is 9.29 Å². The van der Waals surface area contributed by atoms with Gasteiger partial charge in [-0.2, -0.15) is 4.31 Å². The van der Waals surface area contributed by atoms with Gasteiger partial charge < -0.3 is 19.1 Å². The number of benzene rings is 2. The van der Waals surface area contributed by atoms with Crippen LogP contribution in [0.1, 0.15) is 0 Å². The second-order valence-electron chi connectivity index (χ2n) is 7.27. The highest BCUT2D eigenvalue weighted by atomic mass is 79.9. The van der Waals surface area contributed by atoms with Crippen LogP contribution in [0.2, 0.25) is 0 Å². The molecular weight excluding hydrogens is 530 g/mol. The molecule has 176 valence electrons. The van der Waals surface area contributed by atoms with Gasteiger partial charge in [0.2, 0.25) is 10.0 Å². The number of hydrogen-bond donors (Lipinski definition) is 0. The lowest BCUT2D eigenvalue weighted by molar-refractivity contribution is 0.374. The fourth-order valence-corrected chi connectivity index (χ4v) is 6.65. The van der Waals surface area contributed by atoms with E-state index in [0.717, 1.165) is 22.1 Å². The molecule has 1 aromatic heterocycles. The molecule has 1 fully saturated rings. The molecule has 0 N–H and O–H groups in total. The number of aromatic nitrogens is 1. The van der Waals surface area contributed by atoms with Gasteiger partial charge in [0.05, 0.1) is 27.0 Å². The largest absolute Gasteiger partial charge is 0.497 e. The van der Waals surface area contributed by atoms with Crippen LogP contribution < -0.4 is 19.1 Å². The molecule has 33 heavy (non-hydrogen) atoms. The van der Waals surface area contributed by atoms with Crippen molar-refractivity contribution in [3.8, 4) is 28.5 Å². The number of halogens is 1.